The maximum atomic E-state index is 14.8. The number of hydrogen-bond donors (Lipinski definition) is 3. The van der Waals surface area contributed by atoms with Gasteiger partial charge < -0.3 is 20.1 Å². The predicted molar refractivity (Wildman–Crippen MR) is 103 cm³/mol. The average molecular weight is 396 g/mol. The second kappa shape index (κ2) is 12.4. The Morgan fingerprint density at radius 3 is 2.70 bits per heavy atom. The van der Waals surface area contributed by atoms with E-state index < -0.39 is 18.2 Å². The molecule has 1 unspecified atom stereocenters. The number of aliphatic carboxylic acids is 1. The van der Waals surface area contributed by atoms with Crippen LogP contribution in [0.15, 0.2) is 11.8 Å². The number of aliphatic hydroxyl groups is 2. The fraction of sp³-hybridized carbons (Fsp3) is 0.850. The monoisotopic (exact) mass is 396 g/mol. The van der Waals surface area contributed by atoms with Crippen LogP contribution in [0.4, 0.5) is 4.39 Å². The summed E-state index contributed by atoms with van der Waals surface area (Å²) in [5.74, 6) is -1.01. The van der Waals surface area contributed by atoms with Crippen molar-refractivity contribution in [2.24, 2.45) is 11.8 Å². The number of hydrogen-bond acceptors (Lipinski definition) is 4. The van der Waals surface area contributed by atoms with Crippen molar-refractivity contribution in [2.75, 3.05) is 0 Å². The van der Waals surface area contributed by atoms with Crippen LogP contribution in [0.25, 0.3) is 0 Å². The molecule has 27 heavy (non-hydrogen) atoms. The summed E-state index contributed by atoms with van der Waals surface area (Å²) in [4.78, 5) is 10.5. The van der Waals surface area contributed by atoms with Crippen LogP contribution in [0.1, 0.15) is 71.1 Å². The summed E-state index contributed by atoms with van der Waals surface area (Å²) in [6.07, 6.45) is 5.78. The van der Waals surface area contributed by atoms with Crippen molar-refractivity contribution in [3.05, 3.63) is 11.8 Å². The van der Waals surface area contributed by atoms with Gasteiger partial charge in [0.25, 0.3) is 0 Å². The van der Waals surface area contributed by atoms with Crippen molar-refractivity contribution >= 4 is 35.5 Å². The van der Waals surface area contributed by atoms with E-state index in [1.165, 1.54) is 0 Å². The summed E-state index contributed by atoms with van der Waals surface area (Å²) >= 11 is 0. The molecule has 152 valence electrons. The van der Waals surface area contributed by atoms with Crippen LogP contribution in [-0.2, 0) is 9.53 Å². The first-order chi connectivity index (χ1) is 12.4. The van der Waals surface area contributed by atoms with Crippen LogP contribution in [0.3, 0.4) is 0 Å². The summed E-state index contributed by atoms with van der Waals surface area (Å²) in [5, 5.41) is 28.9. The minimum absolute atomic E-state index is 0. The van der Waals surface area contributed by atoms with Crippen LogP contribution in [0.5, 0.6) is 0 Å². The normalized spacial score (nSPS) is 32.0. The van der Waals surface area contributed by atoms with E-state index in [2.05, 4.69) is 6.92 Å². The third-order valence-corrected chi connectivity index (χ3v) is 5.69. The zero-order valence-corrected chi connectivity index (χ0v) is 15.6. The zero-order valence-electron chi connectivity index (χ0n) is 15.6. The Kier molecular flexibility index (Phi) is 11.5. The molecule has 0 bridgehead atoms. The SMILES string of the molecule is CCCCC(O)CCC[C@@H]1[C@@H]2[C@H](C[C@H]1O)O/C(=C\CCCC(=O)O)[C@@H]2F.[NaH]. The first-order valence-electron chi connectivity index (χ1n) is 10.0. The third-order valence-electron chi connectivity index (χ3n) is 5.69. The molecule has 1 aliphatic carbocycles. The van der Waals surface area contributed by atoms with E-state index in [0.29, 0.717) is 37.9 Å². The van der Waals surface area contributed by atoms with E-state index in [1.807, 2.05) is 0 Å². The number of halogens is 1. The van der Waals surface area contributed by atoms with Gasteiger partial charge in [0.2, 0.25) is 0 Å². The van der Waals surface area contributed by atoms with Crippen molar-refractivity contribution in [3.8, 4) is 0 Å². The van der Waals surface area contributed by atoms with Gasteiger partial charge in [-0.1, -0.05) is 26.2 Å². The van der Waals surface area contributed by atoms with Crippen molar-refractivity contribution in [3.63, 3.8) is 0 Å². The molecule has 2 fully saturated rings. The van der Waals surface area contributed by atoms with Gasteiger partial charge in [0.05, 0.1) is 12.2 Å². The summed E-state index contributed by atoms with van der Waals surface area (Å²) < 4.78 is 20.5. The fourth-order valence-electron chi connectivity index (χ4n) is 4.28. The molecular formula is C20H34FNaO5. The molecule has 1 heterocycles. The van der Waals surface area contributed by atoms with Crippen LogP contribution in [0.2, 0.25) is 0 Å². The summed E-state index contributed by atoms with van der Waals surface area (Å²) in [5.41, 5.74) is 0. The zero-order chi connectivity index (χ0) is 19.1. The number of fused-ring (bicyclic) bond motifs is 1. The Morgan fingerprint density at radius 2 is 2.04 bits per heavy atom. The number of rotatable bonds is 11. The number of ether oxygens (including phenoxy) is 1. The molecule has 0 aromatic carbocycles. The number of carbonyl (C=O) groups is 1. The molecule has 0 spiro atoms. The Hall–Kier alpha value is -0.140. The predicted octanol–water partition coefficient (Wildman–Crippen LogP) is 2.93. The van der Waals surface area contributed by atoms with Gasteiger partial charge in [0.1, 0.15) is 11.9 Å². The second-order valence-electron chi connectivity index (χ2n) is 7.72. The molecule has 0 aromatic rings. The number of carboxylic acid groups (broad SMARTS) is 1. The molecule has 3 N–H and O–H groups in total. The molecule has 7 heteroatoms. The van der Waals surface area contributed by atoms with E-state index in [9.17, 15) is 19.4 Å². The van der Waals surface area contributed by atoms with E-state index in [4.69, 9.17) is 9.84 Å². The number of alkyl halides is 1. The maximum absolute atomic E-state index is 14.8. The molecule has 1 saturated heterocycles. The molecule has 0 radical (unpaired) electrons. The molecule has 0 amide bonds. The third kappa shape index (κ3) is 7.32. The first kappa shape index (κ1) is 24.9. The van der Waals surface area contributed by atoms with Crippen molar-refractivity contribution in [2.45, 2.75) is 95.6 Å². The molecular weight excluding hydrogens is 362 g/mol. The van der Waals surface area contributed by atoms with Crippen molar-refractivity contribution < 1.29 is 29.2 Å². The van der Waals surface area contributed by atoms with Gasteiger partial charge in [-0.25, -0.2) is 4.39 Å². The molecule has 2 rings (SSSR count). The molecule has 6 atom stereocenters. The number of carboxylic acids is 1. The van der Waals surface area contributed by atoms with E-state index in [0.717, 1.165) is 25.7 Å². The Bertz CT molecular complexity index is 487. The van der Waals surface area contributed by atoms with Gasteiger partial charge >= 0.3 is 35.5 Å². The van der Waals surface area contributed by atoms with E-state index in [-0.39, 0.29) is 60.0 Å². The van der Waals surface area contributed by atoms with Gasteiger partial charge in [-0.3, -0.25) is 4.79 Å². The van der Waals surface area contributed by atoms with Crippen LogP contribution in [0, 0.1) is 11.8 Å². The molecule has 5 nitrogen and oxygen atoms in total. The molecule has 1 aliphatic heterocycles. The van der Waals surface area contributed by atoms with E-state index in [1.54, 1.807) is 6.08 Å². The van der Waals surface area contributed by atoms with Crippen LogP contribution in [-0.4, -0.2) is 75.3 Å². The van der Waals surface area contributed by atoms with Crippen molar-refractivity contribution in [1.29, 1.82) is 0 Å². The first-order valence-corrected chi connectivity index (χ1v) is 10.0. The quantitative estimate of drug-likeness (QED) is 0.369. The summed E-state index contributed by atoms with van der Waals surface area (Å²) in [7, 11) is 0. The van der Waals surface area contributed by atoms with Gasteiger partial charge in [0, 0.05) is 18.8 Å². The Balaban J connectivity index is 0.00000364. The van der Waals surface area contributed by atoms with Gasteiger partial charge in [-0.05, 0) is 44.1 Å². The number of allylic oxidation sites excluding steroid dienone is 2. The van der Waals surface area contributed by atoms with Gasteiger partial charge in [-0.2, -0.15) is 0 Å². The topological polar surface area (TPSA) is 87.0 Å². The Labute approximate surface area is 183 Å². The van der Waals surface area contributed by atoms with Gasteiger partial charge in [0.15, 0.2) is 6.17 Å². The second-order valence-corrected chi connectivity index (χ2v) is 7.72. The summed E-state index contributed by atoms with van der Waals surface area (Å²) in [6, 6.07) is 0. The van der Waals surface area contributed by atoms with Gasteiger partial charge in [-0.15, -0.1) is 0 Å². The summed E-state index contributed by atoms with van der Waals surface area (Å²) in [6.45, 7) is 2.09. The Morgan fingerprint density at radius 1 is 1.33 bits per heavy atom. The number of aliphatic hydroxyl groups excluding tert-OH is 2. The van der Waals surface area contributed by atoms with Crippen LogP contribution < -0.4 is 0 Å². The number of unbranched alkanes of at least 4 members (excludes halogenated alkanes) is 2. The van der Waals surface area contributed by atoms with Crippen LogP contribution >= 0.6 is 0 Å². The van der Waals surface area contributed by atoms with E-state index >= 15 is 0 Å². The average Bonchev–Trinajstić information content (AvgIpc) is 3.05. The molecule has 2 aliphatic rings. The standard InChI is InChI=1S/C20H33FO5.Na.H/c1-2-3-7-13(22)8-6-9-14-15(23)12-17-19(14)20(21)16(26-17)10-4-5-11-18(24)25;;/h10,13-15,17,19-20,22-23H,2-9,11-12H2,1H3,(H,24,25);;/b16-10-;;/t13?,14-,15+,17-,19+,20-;;/m0../s1. The minimum atomic E-state index is -1.23. The molecule has 0 aromatic heterocycles. The molecule has 1 saturated carbocycles. The van der Waals surface area contributed by atoms with Crippen molar-refractivity contribution in [1.82, 2.24) is 0 Å². The fourth-order valence-corrected chi connectivity index (χ4v) is 4.28.